The number of piperazine rings is 1. The van der Waals surface area contributed by atoms with Gasteiger partial charge in [-0.15, -0.1) is 0 Å². The van der Waals surface area contributed by atoms with Crippen molar-refractivity contribution in [1.29, 1.82) is 0 Å². The number of halogens is 2. The van der Waals surface area contributed by atoms with Gasteiger partial charge in [-0.25, -0.2) is 8.78 Å². The number of benzene rings is 2. The molecule has 5 nitrogen and oxygen atoms in total. The number of carbonyl (C=O) groups is 1. The van der Waals surface area contributed by atoms with Gasteiger partial charge in [0.15, 0.2) is 0 Å². The average Bonchev–Trinajstić information content (AvgIpc) is 2.72. The Morgan fingerprint density at radius 3 is 1.97 bits per heavy atom. The number of methoxy groups -OCH3 is 1. The van der Waals surface area contributed by atoms with Crippen molar-refractivity contribution < 1.29 is 18.3 Å². The Morgan fingerprint density at radius 2 is 1.48 bits per heavy atom. The minimum Gasteiger partial charge on any atom is -0.383 e. The van der Waals surface area contributed by atoms with E-state index in [1.54, 1.807) is 31.4 Å². The highest BCUT2D eigenvalue weighted by atomic mass is 19.1. The maximum absolute atomic E-state index is 13.4. The molecule has 2 aromatic carbocycles. The van der Waals surface area contributed by atoms with E-state index in [2.05, 4.69) is 15.1 Å². The lowest BCUT2D eigenvalue weighted by atomic mass is 9.96. The Balaban J connectivity index is 1.66. The number of nitrogens with one attached hydrogen (secondary N) is 1. The van der Waals surface area contributed by atoms with E-state index in [0.717, 1.165) is 37.3 Å². The van der Waals surface area contributed by atoms with E-state index in [-0.39, 0.29) is 23.6 Å². The molecular weight excluding hydrogens is 376 g/mol. The van der Waals surface area contributed by atoms with Crippen molar-refractivity contribution in [3.63, 3.8) is 0 Å². The summed E-state index contributed by atoms with van der Waals surface area (Å²) in [5.74, 6) is -0.573. The highest BCUT2D eigenvalue weighted by Gasteiger charge is 2.27. The summed E-state index contributed by atoms with van der Waals surface area (Å²) in [6, 6.07) is 12.8. The Kier molecular flexibility index (Phi) is 7.69. The number of rotatable bonds is 8. The van der Waals surface area contributed by atoms with Gasteiger partial charge >= 0.3 is 0 Å². The molecule has 1 fully saturated rings. The SMILES string of the molecule is COCCNC(=O)CN1CCN(C(c2ccc(F)cc2)c2ccc(F)cc2)CC1. The zero-order valence-corrected chi connectivity index (χ0v) is 16.6. The van der Waals surface area contributed by atoms with Crippen LogP contribution in [0.2, 0.25) is 0 Å². The van der Waals surface area contributed by atoms with Crippen molar-refractivity contribution in [3.8, 4) is 0 Å². The van der Waals surface area contributed by atoms with E-state index in [1.807, 2.05) is 0 Å². The van der Waals surface area contributed by atoms with Crippen molar-refractivity contribution in [2.24, 2.45) is 0 Å². The minimum absolute atomic E-state index is 0.0101. The van der Waals surface area contributed by atoms with Gasteiger partial charge in [-0.3, -0.25) is 14.6 Å². The molecule has 0 atom stereocenters. The number of hydrogen-bond donors (Lipinski definition) is 1. The van der Waals surface area contributed by atoms with E-state index >= 15 is 0 Å². The van der Waals surface area contributed by atoms with Crippen LogP contribution in [-0.4, -0.2) is 68.7 Å². The molecule has 1 aliphatic heterocycles. The zero-order chi connectivity index (χ0) is 20.6. The van der Waals surface area contributed by atoms with Crippen LogP contribution in [0.4, 0.5) is 8.78 Å². The second-order valence-corrected chi connectivity index (χ2v) is 7.16. The van der Waals surface area contributed by atoms with E-state index in [0.29, 0.717) is 19.7 Å². The second-order valence-electron chi connectivity index (χ2n) is 7.16. The largest absolute Gasteiger partial charge is 0.383 e. The van der Waals surface area contributed by atoms with Gasteiger partial charge in [0.05, 0.1) is 19.2 Å². The number of ether oxygens (including phenoxy) is 1. The van der Waals surface area contributed by atoms with Gasteiger partial charge in [0.2, 0.25) is 5.91 Å². The van der Waals surface area contributed by atoms with Crippen molar-refractivity contribution >= 4 is 5.91 Å². The molecule has 0 saturated carbocycles. The molecule has 0 radical (unpaired) electrons. The molecule has 0 spiro atoms. The van der Waals surface area contributed by atoms with Crippen LogP contribution in [0.15, 0.2) is 48.5 Å². The van der Waals surface area contributed by atoms with Gasteiger partial charge in [0, 0.05) is 39.8 Å². The first-order chi connectivity index (χ1) is 14.1. The molecule has 0 aromatic heterocycles. The zero-order valence-electron chi connectivity index (χ0n) is 16.6. The predicted octanol–water partition coefficient (Wildman–Crippen LogP) is 2.43. The van der Waals surface area contributed by atoms with Gasteiger partial charge in [-0.05, 0) is 35.4 Å². The Bertz CT molecular complexity index is 730. The van der Waals surface area contributed by atoms with E-state index in [1.165, 1.54) is 24.3 Å². The maximum Gasteiger partial charge on any atom is 0.234 e. The topological polar surface area (TPSA) is 44.8 Å². The predicted molar refractivity (Wildman–Crippen MR) is 108 cm³/mol. The van der Waals surface area contributed by atoms with Crippen molar-refractivity contribution in [3.05, 3.63) is 71.3 Å². The van der Waals surface area contributed by atoms with Crippen LogP contribution >= 0.6 is 0 Å². The molecule has 1 saturated heterocycles. The summed E-state index contributed by atoms with van der Waals surface area (Å²) in [7, 11) is 1.60. The monoisotopic (exact) mass is 403 g/mol. The van der Waals surface area contributed by atoms with Crippen LogP contribution in [-0.2, 0) is 9.53 Å². The Morgan fingerprint density at radius 1 is 0.966 bits per heavy atom. The highest BCUT2D eigenvalue weighted by Crippen LogP contribution is 2.30. The van der Waals surface area contributed by atoms with Gasteiger partial charge in [0.25, 0.3) is 0 Å². The van der Waals surface area contributed by atoms with Crippen molar-refractivity contribution in [2.45, 2.75) is 6.04 Å². The summed E-state index contributed by atoms with van der Waals surface area (Å²) in [5.41, 5.74) is 1.92. The number of carbonyl (C=O) groups excluding carboxylic acids is 1. The molecule has 0 aliphatic carbocycles. The molecule has 1 amide bonds. The first-order valence-electron chi connectivity index (χ1n) is 9.80. The molecule has 0 bridgehead atoms. The number of nitrogens with zero attached hydrogens (tertiary/aromatic N) is 2. The summed E-state index contributed by atoms with van der Waals surface area (Å²) in [6.45, 7) is 4.36. The lowest BCUT2D eigenvalue weighted by molar-refractivity contribution is -0.122. The molecular formula is C22H27F2N3O2. The van der Waals surface area contributed by atoms with Crippen molar-refractivity contribution in [1.82, 2.24) is 15.1 Å². The lowest BCUT2D eigenvalue weighted by Crippen LogP contribution is -2.50. The van der Waals surface area contributed by atoms with Gasteiger partial charge in [0.1, 0.15) is 11.6 Å². The van der Waals surface area contributed by atoms with Gasteiger partial charge in [-0.2, -0.15) is 0 Å². The second kappa shape index (κ2) is 10.4. The third-order valence-corrected chi connectivity index (χ3v) is 5.14. The van der Waals surface area contributed by atoms with Crippen LogP contribution in [0.1, 0.15) is 17.2 Å². The van der Waals surface area contributed by atoms with Crippen molar-refractivity contribution in [2.75, 3.05) is 53.0 Å². The van der Waals surface area contributed by atoms with Crippen LogP contribution in [0.25, 0.3) is 0 Å². The summed E-state index contributed by atoms with van der Waals surface area (Å²) in [4.78, 5) is 16.4. The molecule has 156 valence electrons. The van der Waals surface area contributed by atoms with E-state index < -0.39 is 0 Å². The number of hydrogen-bond acceptors (Lipinski definition) is 4. The maximum atomic E-state index is 13.4. The fraction of sp³-hybridized carbons (Fsp3) is 0.409. The highest BCUT2D eigenvalue weighted by molar-refractivity contribution is 5.78. The van der Waals surface area contributed by atoms with Gasteiger partial charge in [-0.1, -0.05) is 24.3 Å². The molecule has 1 heterocycles. The molecule has 0 unspecified atom stereocenters. The molecule has 29 heavy (non-hydrogen) atoms. The fourth-order valence-corrected chi connectivity index (χ4v) is 3.64. The molecule has 1 N–H and O–H groups in total. The molecule has 2 aromatic rings. The third-order valence-electron chi connectivity index (χ3n) is 5.14. The summed E-state index contributed by atoms with van der Waals surface area (Å²) in [6.07, 6.45) is 0. The molecule has 1 aliphatic rings. The minimum atomic E-state index is -0.282. The summed E-state index contributed by atoms with van der Waals surface area (Å²) >= 11 is 0. The first-order valence-corrected chi connectivity index (χ1v) is 9.80. The lowest BCUT2D eigenvalue weighted by Gasteiger charge is -2.39. The normalized spacial score (nSPS) is 15.6. The standard InChI is InChI=1S/C22H27F2N3O2/c1-29-15-10-25-21(28)16-26-11-13-27(14-12-26)22(17-2-6-19(23)7-3-17)18-4-8-20(24)9-5-18/h2-9,22H,10-16H2,1H3,(H,25,28). The smallest absolute Gasteiger partial charge is 0.234 e. The average molecular weight is 403 g/mol. The van der Waals surface area contributed by atoms with E-state index in [9.17, 15) is 13.6 Å². The molecule has 7 heteroatoms. The number of amides is 1. The van der Waals surface area contributed by atoms with Crippen LogP contribution in [0.3, 0.4) is 0 Å². The molecule has 3 rings (SSSR count). The van der Waals surface area contributed by atoms with Crippen LogP contribution in [0.5, 0.6) is 0 Å². The summed E-state index contributed by atoms with van der Waals surface area (Å²) < 4.78 is 31.8. The van der Waals surface area contributed by atoms with Crippen LogP contribution < -0.4 is 5.32 Å². The third kappa shape index (κ3) is 6.06. The Labute approximate surface area is 170 Å². The van der Waals surface area contributed by atoms with E-state index in [4.69, 9.17) is 4.74 Å². The first kappa shape index (κ1) is 21.4. The van der Waals surface area contributed by atoms with Crippen LogP contribution in [0, 0.1) is 11.6 Å². The Hall–Kier alpha value is -2.35. The quantitative estimate of drug-likeness (QED) is 0.688. The fourth-order valence-electron chi connectivity index (χ4n) is 3.64. The summed E-state index contributed by atoms with van der Waals surface area (Å²) in [5, 5.41) is 2.84. The van der Waals surface area contributed by atoms with Gasteiger partial charge < -0.3 is 10.1 Å².